The number of benzene rings is 4. The molecule has 3 atom stereocenters. The summed E-state index contributed by atoms with van der Waals surface area (Å²) in [5, 5.41) is 0. The second-order valence-electron chi connectivity index (χ2n) is 11.1. The van der Waals surface area contributed by atoms with Crippen LogP contribution < -0.4 is 19.1 Å². The summed E-state index contributed by atoms with van der Waals surface area (Å²) in [7, 11) is 4.54. The second kappa shape index (κ2) is 10.2. The fraction of sp³-hybridized carbons (Fsp3) is 0.194. The number of carbonyl (C=O) groups is 3. The Morgan fingerprint density at radius 2 is 1.52 bits per heavy atom. The van der Waals surface area contributed by atoms with Gasteiger partial charge in [-0.3, -0.25) is 14.4 Å². The van der Waals surface area contributed by atoms with Crippen LogP contribution in [0.15, 0.2) is 91.0 Å². The van der Waals surface area contributed by atoms with Crippen LogP contribution in [0.1, 0.15) is 48.1 Å². The highest BCUT2D eigenvalue weighted by molar-refractivity contribution is 6.32. The Hall–Kier alpha value is -5.24. The highest BCUT2D eigenvalue weighted by Gasteiger charge is 2.71. The number of anilines is 1. The third-order valence-electron chi connectivity index (χ3n) is 9.16. The average molecular weight is 590 g/mol. The molecule has 8 heteroatoms. The molecule has 0 saturated carbocycles. The number of ketones is 3. The minimum absolute atomic E-state index is 0.312. The molecule has 0 bridgehead atoms. The molecular formula is C36H28FNO6. The number of halogens is 1. The fourth-order valence-corrected chi connectivity index (χ4v) is 7.31. The Labute approximate surface area is 253 Å². The van der Waals surface area contributed by atoms with Gasteiger partial charge in [0.2, 0.25) is 0 Å². The van der Waals surface area contributed by atoms with Crippen LogP contribution in [0.4, 0.5) is 10.1 Å². The normalized spacial score (nSPS) is 20.7. The van der Waals surface area contributed by atoms with Crippen LogP contribution in [0.3, 0.4) is 0 Å². The Morgan fingerprint density at radius 3 is 2.20 bits per heavy atom. The summed E-state index contributed by atoms with van der Waals surface area (Å²) in [4.78, 5) is 46.3. The van der Waals surface area contributed by atoms with Crippen LogP contribution in [-0.2, 0) is 0 Å². The molecule has 2 aliphatic heterocycles. The predicted molar refractivity (Wildman–Crippen MR) is 163 cm³/mol. The Morgan fingerprint density at radius 1 is 0.795 bits per heavy atom. The van der Waals surface area contributed by atoms with Crippen molar-refractivity contribution in [2.45, 2.75) is 18.0 Å². The minimum Gasteiger partial charge on any atom is -0.497 e. The molecule has 2 heterocycles. The predicted octanol–water partition coefficient (Wildman–Crippen LogP) is 6.17. The first-order chi connectivity index (χ1) is 21.3. The highest BCUT2D eigenvalue weighted by Crippen LogP contribution is 2.61. The smallest absolute Gasteiger partial charge is 0.186 e. The van der Waals surface area contributed by atoms with Crippen molar-refractivity contribution < 1.29 is 33.0 Å². The molecular weight excluding hydrogens is 561 g/mol. The zero-order chi connectivity index (χ0) is 30.7. The number of nitrogens with zero attached hydrogens (tertiary/aromatic N) is 1. The quantitative estimate of drug-likeness (QED) is 0.197. The number of hydrogen-bond donors (Lipinski definition) is 0. The molecule has 44 heavy (non-hydrogen) atoms. The van der Waals surface area contributed by atoms with Gasteiger partial charge in [0.25, 0.3) is 0 Å². The molecule has 7 rings (SSSR count). The van der Waals surface area contributed by atoms with Crippen LogP contribution in [0, 0.1) is 11.2 Å². The molecule has 0 unspecified atom stereocenters. The van der Waals surface area contributed by atoms with Crippen molar-refractivity contribution in [3.63, 3.8) is 0 Å². The summed E-state index contributed by atoms with van der Waals surface area (Å²) >= 11 is 0. The van der Waals surface area contributed by atoms with Crippen molar-refractivity contribution >= 4 is 29.1 Å². The topological polar surface area (TPSA) is 82.1 Å². The zero-order valence-electron chi connectivity index (χ0n) is 24.2. The number of rotatable bonds is 6. The van der Waals surface area contributed by atoms with Gasteiger partial charge < -0.3 is 19.1 Å². The van der Waals surface area contributed by atoms with Gasteiger partial charge >= 0.3 is 0 Å². The van der Waals surface area contributed by atoms with E-state index in [0.717, 1.165) is 0 Å². The lowest BCUT2D eigenvalue weighted by atomic mass is 9.64. The average Bonchev–Trinajstić information content (AvgIpc) is 3.49. The molecule has 1 saturated heterocycles. The van der Waals surface area contributed by atoms with Gasteiger partial charge in [-0.05, 0) is 48.0 Å². The number of fused-ring (bicyclic) bond motifs is 5. The summed E-state index contributed by atoms with van der Waals surface area (Å²) in [6.45, 7) is 0. The standard InChI is InChI=1S/C36H28FNO6/c1-42-24-8-6-7-22(18-24)33(39)32-31(21-11-15-28(43-2)29(19-21)44-3)36(34(40)25-9-4-5-10-26(25)35(36)41)30-16-12-20-17-23(37)13-14-27(20)38(30)32/h4-19,30-32H,1-3H3/t30-,31+,32-/m0/s1. The lowest BCUT2D eigenvalue weighted by Crippen LogP contribution is -2.48. The molecule has 0 N–H and O–H groups in total. The van der Waals surface area contributed by atoms with E-state index in [9.17, 15) is 18.8 Å². The number of hydrogen-bond acceptors (Lipinski definition) is 7. The van der Waals surface area contributed by atoms with Crippen LogP contribution in [-0.4, -0.2) is 50.8 Å². The molecule has 0 radical (unpaired) electrons. The monoisotopic (exact) mass is 589 g/mol. The van der Waals surface area contributed by atoms with Gasteiger partial charge in [-0.15, -0.1) is 0 Å². The summed E-state index contributed by atoms with van der Waals surface area (Å²) in [6.07, 6.45) is 3.49. The maximum Gasteiger partial charge on any atom is 0.186 e. The number of carbonyl (C=O) groups excluding carboxylic acids is 3. The molecule has 220 valence electrons. The molecule has 1 aliphatic carbocycles. The van der Waals surface area contributed by atoms with Gasteiger partial charge in [0.05, 0.1) is 27.4 Å². The van der Waals surface area contributed by atoms with Crippen LogP contribution in [0.2, 0.25) is 0 Å². The van der Waals surface area contributed by atoms with Gasteiger partial charge in [-0.1, -0.05) is 54.6 Å². The van der Waals surface area contributed by atoms with E-state index in [0.29, 0.717) is 50.8 Å². The van der Waals surface area contributed by atoms with E-state index >= 15 is 0 Å². The first kappa shape index (κ1) is 27.6. The SMILES string of the molecule is COc1cccc(C(=O)[C@@H]2[C@@H](c3ccc(OC)c(OC)c3)C3(C(=O)c4ccccc4C3=O)[C@@H]3C=Cc4cc(F)ccc4N23)c1. The van der Waals surface area contributed by atoms with Gasteiger partial charge in [-0.25, -0.2) is 4.39 Å². The summed E-state index contributed by atoms with van der Waals surface area (Å²) in [6, 6.07) is 21.2. The van der Waals surface area contributed by atoms with E-state index in [4.69, 9.17) is 14.2 Å². The number of methoxy groups -OCH3 is 3. The summed E-state index contributed by atoms with van der Waals surface area (Å²) < 4.78 is 31.0. The molecule has 7 nitrogen and oxygen atoms in total. The third kappa shape index (κ3) is 3.70. The van der Waals surface area contributed by atoms with Gasteiger partial charge in [0.1, 0.15) is 23.0 Å². The maximum absolute atomic E-state index is 14.9. The minimum atomic E-state index is -1.70. The molecule has 3 aliphatic rings. The van der Waals surface area contributed by atoms with Crippen LogP contribution in [0.25, 0.3) is 6.08 Å². The summed E-state index contributed by atoms with van der Waals surface area (Å²) in [5.41, 5.74) is 0.938. The van der Waals surface area contributed by atoms with Gasteiger partial charge in [0.15, 0.2) is 28.8 Å². The van der Waals surface area contributed by atoms with Crippen molar-refractivity contribution in [3.8, 4) is 17.2 Å². The van der Waals surface area contributed by atoms with Crippen molar-refractivity contribution in [3.05, 3.63) is 125 Å². The van der Waals surface area contributed by atoms with Crippen molar-refractivity contribution in [1.29, 1.82) is 0 Å². The van der Waals surface area contributed by atoms with E-state index in [-0.39, 0.29) is 17.3 Å². The molecule has 4 aromatic rings. The van der Waals surface area contributed by atoms with E-state index in [1.165, 1.54) is 33.5 Å². The number of Topliss-reactive ketones (excluding diaryl/α,β-unsaturated/α-hetero) is 3. The first-order valence-corrected chi connectivity index (χ1v) is 14.2. The highest BCUT2D eigenvalue weighted by atomic mass is 19.1. The molecule has 0 amide bonds. The zero-order valence-corrected chi connectivity index (χ0v) is 24.2. The van der Waals surface area contributed by atoms with Crippen molar-refractivity contribution in [1.82, 2.24) is 0 Å². The first-order valence-electron chi connectivity index (χ1n) is 14.2. The van der Waals surface area contributed by atoms with Crippen LogP contribution >= 0.6 is 0 Å². The Bertz CT molecular complexity index is 1860. The van der Waals surface area contributed by atoms with E-state index < -0.39 is 29.2 Å². The largest absolute Gasteiger partial charge is 0.497 e. The van der Waals surface area contributed by atoms with Crippen molar-refractivity contribution in [2.75, 3.05) is 26.2 Å². The third-order valence-corrected chi connectivity index (χ3v) is 9.16. The lowest BCUT2D eigenvalue weighted by molar-refractivity contribution is 0.0665. The maximum atomic E-state index is 14.9. The summed E-state index contributed by atoms with van der Waals surface area (Å²) in [5.74, 6) is -1.08. The molecule has 0 aromatic heterocycles. The van der Waals surface area contributed by atoms with E-state index in [1.54, 1.807) is 84.9 Å². The molecule has 1 spiro atoms. The lowest BCUT2D eigenvalue weighted by Gasteiger charge is -2.37. The van der Waals surface area contributed by atoms with E-state index in [1.807, 2.05) is 4.90 Å². The van der Waals surface area contributed by atoms with Crippen LogP contribution in [0.5, 0.6) is 17.2 Å². The molecule has 4 aromatic carbocycles. The molecule has 1 fully saturated rings. The fourth-order valence-electron chi connectivity index (χ4n) is 7.31. The van der Waals surface area contributed by atoms with Crippen molar-refractivity contribution in [2.24, 2.45) is 5.41 Å². The van der Waals surface area contributed by atoms with E-state index in [2.05, 4.69) is 0 Å². The Balaban J connectivity index is 1.55. The second-order valence-corrected chi connectivity index (χ2v) is 11.1. The van der Waals surface area contributed by atoms with Gasteiger partial charge in [-0.2, -0.15) is 0 Å². The number of ether oxygens (including phenoxy) is 3. The Kier molecular flexibility index (Phi) is 6.39. The van der Waals surface area contributed by atoms with Gasteiger partial charge in [0, 0.05) is 33.9 Å².